The van der Waals surface area contributed by atoms with Crippen LogP contribution in [-0.2, 0) is 16.0 Å². The van der Waals surface area contributed by atoms with E-state index in [4.69, 9.17) is 4.74 Å². The van der Waals surface area contributed by atoms with Crippen molar-refractivity contribution in [3.8, 4) is 0 Å². The zero-order valence-corrected chi connectivity index (χ0v) is 10.7. The fraction of sp³-hybridized carbons (Fsp3) is 0.500. The van der Waals surface area contributed by atoms with E-state index in [-0.39, 0.29) is 12.2 Å². The summed E-state index contributed by atoms with van der Waals surface area (Å²) < 4.78 is 31.1. The predicted octanol–water partition coefficient (Wildman–Crippen LogP) is 3.28. The molecule has 0 fully saturated rings. The van der Waals surface area contributed by atoms with Gasteiger partial charge in [0.15, 0.2) is 17.4 Å². The molecular formula is C14H18F2O2. The summed E-state index contributed by atoms with van der Waals surface area (Å²) in [7, 11) is 0. The topological polar surface area (TPSA) is 26.3 Å². The summed E-state index contributed by atoms with van der Waals surface area (Å²) in [5.74, 6) is -1.92. The van der Waals surface area contributed by atoms with Crippen molar-refractivity contribution in [1.82, 2.24) is 0 Å². The third-order valence-corrected chi connectivity index (χ3v) is 2.64. The van der Waals surface area contributed by atoms with Gasteiger partial charge in [0.2, 0.25) is 0 Å². The summed E-state index contributed by atoms with van der Waals surface area (Å²) in [5, 5.41) is 0. The van der Waals surface area contributed by atoms with E-state index >= 15 is 0 Å². The molecule has 0 N–H and O–H groups in total. The number of carbonyl (C=O) groups is 1. The van der Waals surface area contributed by atoms with E-state index in [2.05, 4.69) is 0 Å². The summed E-state index contributed by atoms with van der Waals surface area (Å²) >= 11 is 0. The molecule has 2 nitrogen and oxygen atoms in total. The highest BCUT2D eigenvalue weighted by Crippen LogP contribution is 2.12. The molecule has 0 bridgehead atoms. The van der Waals surface area contributed by atoms with Crippen molar-refractivity contribution in [1.29, 1.82) is 0 Å². The van der Waals surface area contributed by atoms with Crippen molar-refractivity contribution >= 4 is 5.78 Å². The van der Waals surface area contributed by atoms with Gasteiger partial charge in [-0.1, -0.05) is 19.4 Å². The smallest absolute Gasteiger partial charge is 0.165 e. The highest BCUT2D eigenvalue weighted by molar-refractivity contribution is 5.85. The molecule has 100 valence electrons. The number of benzene rings is 1. The van der Waals surface area contributed by atoms with Crippen LogP contribution in [0.15, 0.2) is 18.2 Å². The Labute approximate surface area is 106 Å². The molecule has 1 rings (SSSR count). The maximum absolute atomic E-state index is 13.0. The number of carbonyl (C=O) groups excluding carboxylic acids is 1. The third-order valence-electron chi connectivity index (χ3n) is 2.64. The first-order chi connectivity index (χ1) is 8.58. The monoisotopic (exact) mass is 256 g/mol. The van der Waals surface area contributed by atoms with Crippen molar-refractivity contribution in [2.75, 3.05) is 6.61 Å². The minimum atomic E-state index is -0.927. The quantitative estimate of drug-likeness (QED) is 0.748. The summed E-state index contributed by atoms with van der Waals surface area (Å²) in [4.78, 5) is 11.9. The molecule has 18 heavy (non-hydrogen) atoms. The van der Waals surface area contributed by atoms with Gasteiger partial charge in [-0.3, -0.25) is 4.79 Å². The summed E-state index contributed by atoms with van der Waals surface area (Å²) in [6.45, 7) is 4.26. The molecule has 1 aromatic carbocycles. The third kappa shape index (κ3) is 4.18. The first-order valence-electron chi connectivity index (χ1n) is 6.16. The zero-order chi connectivity index (χ0) is 13.5. The van der Waals surface area contributed by atoms with Crippen LogP contribution < -0.4 is 0 Å². The minimum absolute atomic E-state index is 0.0713. The van der Waals surface area contributed by atoms with Gasteiger partial charge in [0, 0.05) is 13.0 Å². The number of Topliss-reactive ketones (excluding diaryl/α,β-unsaturated/α-hetero) is 1. The molecule has 0 aliphatic carbocycles. The maximum atomic E-state index is 13.0. The highest BCUT2D eigenvalue weighted by Gasteiger charge is 2.18. The van der Waals surface area contributed by atoms with Crippen LogP contribution in [0.5, 0.6) is 0 Å². The molecule has 1 atom stereocenters. The number of hydrogen-bond donors (Lipinski definition) is 0. The molecule has 0 spiro atoms. The molecule has 0 aliphatic heterocycles. The lowest BCUT2D eigenvalue weighted by molar-refractivity contribution is -0.130. The Morgan fingerprint density at radius 1 is 1.28 bits per heavy atom. The Hall–Kier alpha value is -1.29. The van der Waals surface area contributed by atoms with Gasteiger partial charge in [0.1, 0.15) is 6.10 Å². The fourth-order valence-electron chi connectivity index (χ4n) is 1.77. The molecule has 0 aliphatic rings. The van der Waals surface area contributed by atoms with Crippen LogP contribution in [0.1, 0.15) is 32.3 Å². The van der Waals surface area contributed by atoms with Gasteiger partial charge in [-0.25, -0.2) is 8.78 Å². The van der Waals surface area contributed by atoms with Crippen LogP contribution in [0.4, 0.5) is 8.78 Å². The molecule has 0 radical (unpaired) electrons. The van der Waals surface area contributed by atoms with Crippen molar-refractivity contribution in [3.63, 3.8) is 0 Å². The van der Waals surface area contributed by atoms with Crippen molar-refractivity contribution in [3.05, 3.63) is 35.4 Å². The average molecular weight is 256 g/mol. The van der Waals surface area contributed by atoms with E-state index in [0.29, 0.717) is 18.6 Å². The van der Waals surface area contributed by atoms with Crippen molar-refractivity contribution in [2.24, 2.45) is 0 Å². The van der Waals surface area contributed by atoms with Crippen LogP contribution in [-0.4, -0.2) is 18.5 Å². The average Bonchev–Trinajstić information content (AvgIpc) is 2.33. The first-order valence-corrected chi connectivity index (χ1v) is 6.16. The largest absolute Gasteiger partial charge is 0.371 e. The van der Waals surface area contributed by atoms with E-state index < -0.39 is 17.7 Å². The van der Waals surface area contributed by atoms with Crippen LogP contribution in [0.3, 0.4) is 0 Å². The number of ether oxygens (including phenoxy) is 1. The van der Waals surface area contributed by atoms with Crippen LogP contribution in [0.25, 0.3) is 0 Å². The Bertz CT molecular complexity index is 399. The Morgan fingerprint density at radius 2 is 2.00 bits per heavy atom. The Morgan fingerprint density at radius 3 is 2.56 bits per heavy atom. The Kier molecular flexibility index (Phi) is 5.92. The molecule has 4 heteroatoms. The molecule has 1 unspecified atom stereocenters. The van der Waals surface area contributed by atoms with E-state index in [1.807, 2.05) is 13.8 Å². The first kappa shape index (κ1) is 14.8. The molecule has 0 saturated carbocycles. The predicted molar refractivity (Wildman–Crippen MR) is 65.4 cm³/mol. The standard InChI is InChI=1S/C14H18F2O2/c1-3-5-14(18-4-2)13(17)9-10-6-7-11(15)12(16)8-10/h6-8,14H,3-5,9H2,1-2H3. The van der Waals surface area contributed by atoms with Gasteiger partial charge in [-0.2, -0.15) is 0 Å². The van der Waals surface area contributed by atoms with E-state index in [0.717, 1.165) is 18.6 Å². The summed E-state index contributed by atoms with van der Waals surface area (Å²) in [6.07, 6.45) is 1.11. The van der Waals surface area contributed by atoms with Gasteiger partial charge in [-0.05, 0) is 31.0 Å². The maximum Gasteiger partial charge on any atom is 0.165 e. The molecule has 0 saturated heterocycles. The second-order valence-corrected chi connectivity index (χ2v) is 4.12. The lowest BCUT2D eigenvalue weighted by atomic mass is 10.0. The molecule has 0 amide bonds. The lowest BCUT2D eigenvalue weighted by Crippen LogP contribution is -2.26. The fourth-order valence-corrected chi connectivity index (χ4v) is 1.77. The van der Waals surface area contributed by atoms with Crippen molar-refractivity contribution in [2.45, 2.75) is 39.2 Å². The summed E-state index contributed by atoms with van der Waals surface area (Å²) in [5.41, 5.74) is 0.472. The van der Waals surface area contributed by atoms with E-state index in [9.17, 15) is 13.6 Å². The molecule has 1 aromatic rings. The van der Waals surface area contributed by atoms with Gasteiger partial charge in [-0.15, -0.1) is 0 Å². The normalized spacial score (nSPS) is 12.4. The minimum Gasteiger partial charge on any atom is -0.371 e. The second-order valence-electron chi connectivity index (χ2n) is 4.12. The number of ketones is 1. The number of rotatable bonds is 7. The van der Waals surface area contributed by atoms with E-state index in [1.165, 1.54) is 6.07 Å². The summed E-state index contributed by atoms with van der Waals surface area (Å²) in [6, 6.07) is 3.51. The van der Waals surface area contributed by atoms with Crippen LogP contribution >= 0.6 is 0 Å². The van der Waals surface area contributed by atoms with Gasteiger partial charge in [0.25, 0.3) is 0 Å². The zero-order valence-electron chi connectivity index (χ0n) is 10.7. The van der Waals surface area contributed by atoms with E-state index in [1.54, 1.807) is 0 Å². The van der Waals surface area contributed by atoms with Crippen LogP contribution in [0, 0.1) is 11.6 Å². The number of halogens is 2. The molecular weight excluding hydrogens is 238 g/mol. The molecule has 0 aromatic heterocycles. The van der Waals surface area contributed by atoms with Gasteiger partial charge < -0.3 is 4.74 Å². The second kappa shape index (κ2) is 7.21. The number of hydrogen-bond acceptors (Lipinski definition) is 2. The highest BCUT2D eigenvalue weighted by atomic mass is 19.2. The van der Waals surface area contributed by atoms with Crippen molar-refractivity contribution < 1.29 is 18.3 Å². The van der Waals surface area contributed by atoms with Gasteiger partial charge >= 0.3 is 0 Å². The lowest BCUT2D eigenvalue weighted by Gasteiger charge is -2.14. The van der Waals surface area contributed by atoms with Gasteiger partial charge in [0.05, 0.1) is 0 Å². The SMILES string of the molecule is CCCC(OCC)C(=O)Cc1ccc(F)c(F)c1. The molecule has 0 heterocycles. The Balaban J connectivity index is 2.69. The van der Waals surface area contributed by atoms with Crippen LogP contribution in [0.2, 0.25) is 0 Å².